The summed E-state index contributed by atoms with van der Waals surface area (Å²) in [5.74, 6) is 0.450. The number of nitrogens with zero attached hydrogens (tertiary/aromatic N) is 4. The number of aryl methyl sites for hydroxylation is 1. The van der Waals surface area contributed by atoms with E-state index in [9.17, 15) is 9.59 Å². The van der Waals surface area contributed by atoms with Crippen LogP contribution in [0.3, 0.4) is 0 Å². The number of hydrogen-bond donors (Lipinski definition) is 1. The molecule has 0 atom stereocenters. The third kappa shape index (κ3) is 4.08. The van der Waals surface area contributed by atoms with Crippen molar-refractivity contribution < 1.29 is 4.79 Å². The van der Waals surface area contributed by atoms with Gasteiger partial charge in [-0.1, -0.05) is 48.5 Å². The molecule has 2 aromatic carbocycles. The third-order valence-electron chi connectivity index (χ3n) is 4.82. The van der Waals surface area contributed by atoms with Gasteiger partial charge in [-0.15, -0.1) is 0 Å². The third-order valence-corrected chi connectivity index (χ3v) is 4.82. The molecule has 0 saturated heterocycles. The highest BCUT2D eigenvalue weighted by Crippen LogP contribution is 2.16. The lowest BCUT2D eigenvalue weighted by atomic mass is 10.0. The minimum absolute atomic E-state index is 0.143. The molecule has 0 aliphatic carbocycles. The maximum Gasteiger partial charge on any atom is 0.275 e. The van der Waals surface area contributed by atoms with E-state index in [2.05, 4.69) is 15.4 Å². The van der Waals surface area contributed by atoms with Gasteiger partial charge in [0.15, 0.2) is 0 Å². The zero-order valence-electron chi connectivity index (χ0n) is 16.1. The van der Waals surface area contributed by atoms with Crippen LogP contribution in [0.5, 0.6) is 0 Å². The fourth-order valence-electron chi connectivity index (χ4n) is 3.27. The molecule has 0 bridgehead atoms. The summed E-state index contributed by atoms with van der Waals surface area (Å²) in [6, 6.07) is 17.3. The van der Waals surface area contributed by atoms with Gasteiger partial charge in [0.05, 0.1) is 17.6 Å². The van der Waals surface area contributed by atoms with Crippen molar-refractivity contribution in [3.05, 3.63) is 94.4 Å². The van der Waals surface area contributed by atoms with E-state index in [1.165, 1.54) is 4.68 Å². The van der Waals surface area contributed by atoms with E-state index >= 15 is 0 Å². The predicted octanol–water partition coefficient (Wildman–Crippen LogP) is 2.04. The van der Waals surface area contributed by atoms with E-state index < -0.39 is 0 Å². The highest BCUT2D eigenvalue weighted by atomic mass is 16.2. The van der Waals surface area contributed by atoms with Gasteiger partial charge in [0.25, 0.3) is 5.56 Å². The molecule has 0 aliphatic rings. The largest absolute Gasteiger partial charge is 0.347 e. The molecule has 0 aliphatic heterocycles. The maximum atomic E-state index is 12.9. The lowest BCUT2D eigenvalue weighted by molar-refractivity contribution is -0.122. The van der Waals surface area contributed by atoms with Crippen molar-refractivity contribution in [1.29, 1.82) is 0 Å². The van der Waals surface area contributed by atoms with E-state index in [1.54, 1.807) is 12.3 Å². The molecule has 7 heteroatoms. The van der Waals surface area contributed by atoms with Crippen LogP contribution in [0.2, 0.25) is 0 Å². The van der Waals surface area contributed by atoms with Gasteiger partial charge in [-0.2, -0.15) is 5.10 Å². The Kier molecular flexibility index (Phi) is 5.20. The van der Waals surface area contributed by atoms with Crippen LogP contribution in [0, 0.1) is 0 Å². The Balaban J connectivity index is 1.61. The number of fused-ring (bicyclic) bond motifs is 1. The van der Waals surface area contributed by atoms with Gasteiger partial charge in [0.2, 0.25) is 5.91 Å². The second-order valence-corrected chi connectivity index (χ2v) is 6.85. The Morgan fingerprint density at radius 2 is 1.76 bits per heavy atom. The van der Waals surface area contributed by atoms with Crippen molar-refractivity contribution in [3.8, 4) is 0 Å². The summed E-state index contributed by atoms with van der Waals surface area (Å²) in [4.78, 5) is 29.5. The summed E-state index contributed by atoms with van der Waals surface area (Å²) < 4.78 is 3.08. The molecule has 0 unspecified atom stereocenters. The van der Waals surface area contributed by atoms with Gasteiger partial charge in [-0.3, -0.25) is 9.59 Å². The normalized spacial score (nSPS) is 10.9. The van der Waals surface area contributed by atoms with Gasteiger partial charge < -0.3 is 9.88 Å². The first-order valence-electron chi connectivity index (χ1n) is 9.37. The summed E-state index contributed by atoms with van der Waals surface area (Å²) in [7, 11) is 1.86. The molecule has 4 rings (SSSR count). The lowest BCUT2D eigenvalue weighted by Gasteiger charge is -2.11. The molecule has 2 heterocycles. The molecule has 7 nitrogen and oxygen atoms in total. The Hall–Kier alpha value is -3.74. The molecular weight excluding hydrogens is 366 g/mol. The Labute approximate surface area is 167 Å². The highest BCUT2D eigenvalue weighted by Gasteiger charge is 2.13. The second-order valence-electron chi connectivity index (χ2n) is 6.85. The summed E-state index contributed by atoms with van der Waals surface area (Å²) >= 11 is 0. The zero-order chi connectivity index (χ0) is 20.2. The zero-order valence-corrected chi connectivity index (χ0v) is 16.1. The fourth-order valence-corrected chi connectivity index (χ4v) is 3.27. The predicted molar refractivity (Wildman–Crippen MR) is 110 cm³/mol. The van der Waals surface area contributed by atoms with Crippen LogP contribution in [0.15, 0.2) is 71.8 Å². The van der Waals surface area contributed by atoms with Crippen LogP contribution < -0.4 is 10.9 Å². The molecule has 146 valence electrons. The van der Waals surface area contributed by atoms with Gasteiger partial charge in [-0.25, -0.2) is 9.67 Å². The molecule has 4 aromatic rings. The molecule has 0 spiro atoms. The number of aromatic nitrogens is 4. The van der Waals surface area contributed by atoms with E-state index in [-0.39, 0.29) is 18.0 Å². The van der Waals surface area contributed by atoms with E-state index in [4.69, 9.17) is 0 Å². The second kappa shape index (κ2) is 8.10. The van der Waals surface area contributed by atoms with E-state index in [0.717, 1.165) is 22.5 Å². The number of hydrogen-bond acceptors (Lipinski definition) is 4. The Bertz CT molecular complexity index is 1210. The Morgan fingerprint density at radius 3 is 2.48 bits per heavy atom. The SMILES string of the molecule is Cn1ccnc1CNC(=O)Cn1nc(Cc2ccccc2)c2ccccc2c1=O. The van der Waals surface area contributed by atoms with Gasteiger partial charge >= 0.3 is 0 Å². The lowest BCUT2D eigenvalue weighted by Crippen LogP contribution is -2.34. The van der Waals surface area contributed by atoms with Crippen molar-refractivity contribution in [3.63, 3.8) is 0 Å². The van der Waals surface area contributed by atoms with Crippen LogP contribution in [0.25, 0.3) is 10.8 Å². The Morgan fingerprint density at radius 1 is 1.03 bits per heavy atom. The highest BCUT2D eigenvalue weighted by molar-refractivity contribution is 5.84. The smallest absolute Gasteiger partial charge is 0.275 e. The quantitative estimate of drug-likeness (QED) is 0.549. The van der Waals surface area contributed by atoms with Crippen LogP contribution >= 0.6 is 0 Å². The van der Waals surface area contributed by atoms with Crippen molar-refractivity contribution in [1.82, 2.24) is 24.6 Å². The van der Waals surface area contributed by atoms with Crippen molar-refractivity contribution in [2.24, 2.45) is 7.05 Å². The van der Waals surface area contributed by atoms with E-state index in [0.29, 0.717) is 18.4 Å². The first-order valence-corrected chi connectivity index (χ1v) is 9.37. The number of carbonyl (C=O) groups excluding carboxylic acids is 1. The molecule has 1 amide bonds. The van der Waals surface area contributed by atoms with Crippen molar-refractivity contribution in [2.45, 2.75) is 19.5 Å². The topological polar surface area (TPSA) is 81.8 Å². The summed E-state index contributed by atoms with van der Waals surface area (Å²) in [5.41, 5.74) is 1.59. The number of benzene rings is 2. The summed E-state index contributed by atoms with van der Waals surface area (Å²) in [6.45, 7) is 0.150. The average Bonchev–Trinajstić information content (AvgIpc) is 3.15. The number of rotatable bonds is 6. The van der Waals surface area contributed by atoms with Crippen molar-refractivity contribution in [2.75, 3.05) is 0 Å². The molecule has 1 N–H and O–H groups in total. The van der Waals surface area contributed by atoms with Crippen molar-refractivity contribution >= 4 is 16.7 Å². The number of carbonyl (C=O) groups is 1. The van der Waals surface area contributed by atoms with Crippen LogP contribution in [0.4, 0.5) is 0 Å². The van der Waals surface area contributed by atoms with Crippen LogP contribution in [0.1, 0.15) is 17.1 Å². The number of nitrogens with one attached hydrogen (secondary N) is 1. The fraction of sp³-hybridized carbons (Fsp3) is 0.182. The van der Waals surface area contributed by atoms with Crippen LogP contribution in [-0.2, 0) is 31.4 Å². The maximum absolute atomic E-state index is 12.9. The summed E-state index contributed by atoms with van der Waals surface area (Å²) in [6.07, 6.45) is 4.07. The minimum atomic E-state index is -0.288. The molecule has 29 heavy (non-hydrogen) atoms. The number of amides is 1. The van der Waals surface area contributed by atoms with E-state index in [1.807, 2.05) is 66.3 Å². The number of imidazole rings is 1. The minimum Gasteiger partial charge on any atom is -0.347 e. The standard InChI is InChI=1S/C22H21N5O2/c1-26-12-11-23-20(26)14-24-21(28)15-27-22(29)18-10-6-5-9-17(18)19(25-27)13-16-7-3-2-4-8-16/h2-12H,13-15H2,1H3,(H,24,28). The molecule has 0 radical (unpaired) electrons. The molecule has 0 fully saturated rings. The van der Waals surface area contributed by atoms with Crippen LogP contribution in [-0.4, -0.2) is 25.2 Å². The summed E-state index contributed by atoms with van der Waals surface area (Å²) in [5, 5.41) is 8.69. The monoisotopic (exact) mass is 387 g/mol. The first kappa shape index (κ1) is 18.6. The molecule has 2 aromatic heterocycles. The molecule has 0 saturated carbocycles. The average molecular weight is 387 g/mol. The molecular formula is C22H21N5O2. The first-order chi connectivity index (χ1) is 14.1. The van der Waals surface area contributed by atoms with Gasteiger partial charge in [-0.05, 0) is 11.6 Å². The van der Waals surface area contributed by atoms with Gasteiger partial charge in [0.1, 0.15) is 12.4 Å². The van der Waals surface area contributed by atoms with Gasteiger partial charge in [0, 0.05) is 31.2 Å².